The summed E-state index contributed by atoms with van der Waals surface area (Å²) in [6.45, 7) is 4.93. The van der Waals surface area contributed by atoms with Gasteiger partial charge in [0.25, 0.3) is 5.91 Å². The van der Waals surface area contributed by atoms with Crippen LogP contribution in [0.3, 0.4) is 0 Å². The lowest BCUT2D eigenvalue weighted by molar-refractivity contribution is 0.0983. The number of hydrogen-bond acceptors (Lipinski definition) is 5. The maximum absolute atomic E-state index is 13.1. The second-order valence-electron chi connectivity index (χ2n) is 6.20. The number of likely N-dealkylation sites (N-methyl/N-ethyl adjacent to an activating group) is 1. The Morgan fingerprint density at radius 2 is 1.96 bits per heavy atom. The Morgan fingerprint density at radius 1 is 1.23 bits per heavy atom. The number of aryl methyl sites for hydroxylation is 2. The van der Waals surface area contributed by atoms with Crippen LogP contribution in [0.5, 0.6) is 0 Å². The van der Waals surface area contributed by atoms with Crippen LogP contribution in [0, 0.1) is 13.8 Å². The van der Waals surface area contributed by atoms with Crippen molar-refractivity contribution in [2.45, 2.75) is 13.8 Å². The molecule has 140 valence electrons. The molecule has 0 saturated carbocycles. The zero-order valence-corrected chi connectivity index (χ0v) is 17.5. The number of furan rings is 1. The zero-order chi connectivity index (χ0) is 18.1. The molecular weight excluding hydrogens is 393 g/mol. The van der Waals surface area contributed by atoms with Crippen molar-refractivity contribution >= 4 is 56.6 Å². The Kier molecular flexibility index (Phi) is 6.69. The van der Waals surface area contributed by atoms with E-state index < -0.39 is 0 Å². The number of rotatable bonds is 5. The van der Waals surface area contributed by atoms with Gasteiger partial charge in [0.15, 0.2) is 5.13 Å². The second-order valence-corrected chi connectivity index (χ2v) is 7.64. The van der Waals surface area contributed by atoms with Crippen LogP contribution >= 0.6 is 35.3 Å². The van der Waals surface area contributed by atoms with Crippen LogP contribution in [0.2, 0.25) is 5.02 Å². The van der Waals surface area contributed by atoms with E-state index in [0.717, 1.165) is 22.5 Å². The first-order valence-corrected chi connectivity index (χ1v) is 9.14. The van der Waals surface area contributed by atoms with Crippen LogP contribution in [0.1, 0.15) is 21.9 Å². The molecule has 0 fully saturated rings. The number of fused-ring (bicyclic) bond motifs is 1. The van der Waals surface area contributed by atoms with Gasteiger partial charge in [-0.25, -0.2) is 4.98 Å². The predicted molar refractivity (Wildman–Crippen MR) is 110 cm³/mol. The fraction of sp³-hybridized carbons (Fsp3) is 0.333. The lowest BCUT2D eigenvalue weighted by Gasteiger charge is -2.21. The maximum atomic E-state index is 13.1. The molecule has 0 saturated heterocycles. The van der Waals surface area contributed by atoms with E-state index in [1.165, 1.54) is 11.3 Å². The van der Waals surface area contributed by atoms with Crippen molar-refractivity contribution in [2.75, 3.05) is 32.1 Å². The standard InChI is InChI=1S/C18H20ClN3O2S.ClH/c1-11-9-14(12(2)24-11)17(23)22(8-7-21(3)4)18-20-15-6-5-13(19)10-16(15)25-18;/h5-6,9-10H,7-8H2,1-4H3;1H. The highest BCUT2D eigenvalue weighted by Crippen LogP contribution is 2.32. The lowest BCUT2D eigenvalue weighted by atomic mass is 10.2. The SMILES string of the molecule is Cc1cc(C(=O)N(CCN(C)C)c2nc3ccc(Cl)cc3s2)c(C)o1.Cl. The van der Waals surface area contributed by atoms with Gasteiger partial charge in [-0.3, -0.25) is 9.69 Å². The molecule has 0 N–H and O–H groups in total. The summed E-state index contributed by atoms with van der Waals surface area (Å²) in [6.07, 6.45) is 0. The van der Waals surface area contributed by atoms with Gasteiger partial charge in [0.1, 0.15) is 11.5 Å². The van der Waals surface area contributed by atoms with Gasteiger partial charge in [-0.2, -0.15) is 0 Å². The van der Waals surface area contributed by atoms with E-state index in [4.69, 9.17) is 16.0 Å². The highest BCUT2D eigenvalue weighted by Gasteiger charge is 2.24. The third kappa shape index (κ3) is 4.38. The number of nitrogens with zero attached hydrogens (tertiary/aromatic N) is 3. The van der Waals surface area contributed by atoms with Gasteiger partial charge >= 0.3 is 0 Å². The molecule has 0 aliphatic carbocycles. The minimum atomic E-state index is -0.0960. The number of amides is 1. The summed E-state index contributed by atoms with van der Waals surface area (Å²) in [5, 5.41) is 1.33. The number of carbonyl (C=O) groups is 1. The Labute approximate surface area is 168 Å². The first-order chi connectivity index (χ1) is 11.8. The first-order valence-electron chi connectivity index (χ1n) is 7.95. The van der Waals surface area contributed by atoms with E-state index in [1.54, 1.807) is 11.0 Å². The van der Waals surface area contributed by atoms with Gasteiger partial charge in [0.05, 0.1) is 15.8 Å². The molecule has 2 aromatic heterocycles. The van der Waals surface area contributed by atoms with Gasteiger partial charge in [0, 0.05) is 18.1 Å². The highest BCUT2D eigenvalue weighted by molar-refractivity contribution is 7.22. The third-order valence-electron chi connectivity index (χ3n) is 3.86. The van der Waals surface area contributed by atoms with Crippen LogP contribution in [0.4, 0.5) is 5.13 Å². The predicted octanol–water partition coefficient (Wildman–Crippen LogP) is 4.79. The van der Waals surface area contributed by atoms with Crippen molar-refractivity contribution in [3.8, 4) is 0 Å². The molecule has 3 rings (SSSR count). The minimum Gasteiger partial charge on any atom is -0.466 e. The normalized spacial score (nSPS) is 11.0. The number of aromatic nitrogens is 1. The van der Waals surface area contributed by atoms with E-state index in [0.29, 0.717) is 28.0 Å². The summed E-state index contributed by atoms with van der Waals surface area (Å²) in [6, 6.07) is 7.34. The van der Waals surface area contributed by atoms with Gasteiger partial charge in [-0.05, 0) is 52.2 Å². The van der Waals surface area contributed by atoms with Gasteiger partial charge in [0.2, 0.25) is 0 Å². The molecule has 0 unspecified atom stereocenters. The number of benzene rings is 1. The Morgan fingerprint density at radius 3 is 2.58 bits per heavy atom. The minimum absolute atomic E-state index is 0. The molecule has 0 radical (unpaired) electrons. The van der Waals surface area contributed by atoms with Crippen LogP contribution in [-0.2, 0) is 0 Å². The molecule has 0 bridgehead atoms. The van der Waals surface area contributed by atoms with Crippen molar-refractivity contribution in [3.63, 3.8) is 0 Å². The summed E-state index contributed by atoms with van der Waals surface area (Å²) < 4.78 is 6.49. The molecule has 2 heterocycles. The number of halogens is 2. The summed E-state index contributed by atoms with van der Waals surface area (Å²) in [4.78, 5) is 21.5. The number of carbonyl (C=O) groups excluding carboxylic acids is 1. The summed E-state index contributed by atoms with van der Waals surface area (Å²) in [7, 11) is 3.96. The van der Waals surface area contributed by atoms with Crippen molar-refractivity contribution in [2.24, 2.45) is 0 Å². The van der Waals surface area contributed by atoms with Gasteiger partial charge < -0.3 is 9.32 Å². The Hall–Kier alpha value is -1.60. The molecular formula is C18H21Cl2N3O2S. The fourth-order valence-electron chi connectivity index (χ4n) is 2.57. The first kappa shape index (κ1) is 20.7. The largest absolute Gasteiger partial charge is 0.466 e. The zero-order valence-electron chi connectivity index (χ0n) is 15.1. The van der Waals surface area contributed by atoms with Crippen molar-refractivity contribution < 1.29 is 9.21 Å². The van der Waals surface area contributed by atoms with Crippen molar-refractivity contribution in [3.05, 3.63) is 46.4 Å². The van der Waals surface area contributed by atoms with E-state index in [9.17, 15) is 4.79 Å². The molecule has 0 atom stereocenters. The highest BCUT2D eigenvalue weighted by atomic mass is 35.5. The lowest BCUT2D eigenvalue weighted by Crippen LogP contribution is -2.36. The summed E-state index contributed by atoms with van der Waals surface area (Å²) in [5.41, 5.74) is 1.42. The van der Waals surface area contributed by atoms with Crippen molar-refractivity contribution in [1.29, 1.82) is 0 Å². The Bertz CT molecular complexity index is 920. The molecule has 26 heavy (non-hydrogen) atoms. The summed E-state index contributed by atoms with van der Waals surface area (Å²) in [5.74, 6) is 1.26. The summed E-state index contributed by atoms with van der Waals surface area (Å²) >= 11 is 7.54. The quantitative estimate of drug-likeness (QED) is 0.603. The molecule has 8 heteroatoms. The number of hydrogen-bond donors (Lipinski definition) is 0. The monoisotopic (exact) mass is 413 g/mol. The van der Waals surface area contributed by atoms with Crippen LogP contribution in [-0.4, -0.2) is 43.0 Å². The molecule has 0 aliphatic rings. The molecule has 1 amide bonds. The maximum Gasteiger partial charge on any atom is 0.263 e. The van der Waals surface area contributed by atoms with Gasteiger partial charge in [-0.1, -0.05) is 22.9 Å². The van der Waals surface area contributed by atoms with E-state index in [-0.39, 0.29) is 18.3 Å². The van der Waals surface area contributed by atoms with Crippen LogP contribution in [0.25, 0.3) is 10.2 Å². The molecule has 1 aromatic carbocycles. The topological polar surface area (TPSA) is 49.6 Å². The second kappa shape index (κ2) is 8.39. The molecule has 0 aliphatic heterocycles. The average molecular weight is 414 g/mol. The van der Waals surface area contributed by atoms with E-state index >= 15 is 0 Å². The molecule has 3 aromatic rings. The van der Waals surface area contributed by atoms with E-state index in [1.807, 2.05) is 51.0 Å². The van der Waals surface area contributed by atoms with Crippen LogP contribution < -0.4 is 4.90 Å². The van der Waals surface area contributed by atoms with Gasteiger partial charge in [-0.15, -0.1) is 12.4 Å². The fourth-order valence-corrected chi connectivity index (χ4v) is 3.84. The average Bonchev–Trinajstić information content (AvgIpc) is 3.09. The van der Waals surface area contributed by atoms with Crippen LogP contribution in [0.15, 0.2) is 28.7 Å². The Balaban J connectivity index is 0.00000243. The molecule has 5 nitrogen and oxygen atoms in total. The third-order valence-corrected chi connectivity index (χ3v) is 5.13. The number of anilines is 1. The smallest absolute Gasteiger partial charge is 0.263 e. The number of thiazole rings is 1. The van der Waals surface area contributed by atoms with E-state index in [2.05, 4.69) is 4.98 Å². The molecule has 0 spiro atoms. The van der Waals surface area contributed by atoms with Crippen molar-refractivity contribution in [1.82, 2.24) is 9.88 Å².